The summed E-state index contributed by atoms with van der Waals surface area (Å²) in [6.45, 7) is 7.73. The first-order chi connectivity index (χ1) is 9.74. The maximum Gasteiger partial charge on any atom is 0.0704 e. The summed E-state index contributed by atoms with van der Waals surface area (Å²) in [6.07, 6.45) is 5.65. The van der Waals surface area contributed by atoms with Gasteiger partial charge in [0.15, 0.2) is 0 Å². The molecule has 0 saturated carbocycles. The van der Waals surface area contributed by atoms with Crippen LogP contribution in [0.3, 0.4) is 0 Å². The maximum absolute atomic E-state index is 5.93. The van der Waals surface area contributed by atoms with Crippen molar-refractivity contribution in [2.75, 3.05) is 6.54 Å². The van der Waals surface area contributed by atoms with Crippen molar-refractivity contribution < 1.29 is 4.74 Å². The minimum atomic E-state index is 0.394. The molecule has 112 valence electrons. The van der Waals surface area contributed by atoms with E-state index in [4.69, 9.17) is 4.74 Å². The molecule has 0 spiro atoms. The van der Waals surface area contributed by atoms with Crippen molar-refractivity contribution in [2.24, 2.45) is 5.92 Å². The summed E-state index contributed by atoms with van der Waals surface area (Å²) in [5.41, 5.74) is 1.41. The van der Waals surface area contributed by atoms with E-state index in [-0.39, 0.29) is 0 Å². The van der Waals surface area contributed by atoms with Crippen molar-refractivity contribution in [3.8, 4) is 0 Å². The second-order valence-corrected chi connectivity index (χ2v) is 6.02. The fourth-order valence-corrected chi connectivity index (χ4v) is 3.27. The van der Waals surface area contributed by atoms with Crippen LogP contribution < -0.4 is 5.32 Å². The second kappa shape index (κ2) is 7.80. The lowest BCUT2D eigenvalue weighted by atomic mass is 9.88. The minimum Gasteiger partial charge on any atom is -0.374 e. The van der Waals surface area contributed by atoms with Gasteiger partial charge in [-0.3, -0.25) is 0 Å². The summed E-state index contributed by atoms with van der Waals surface area (Å²) in [4.78, 5) is 0. The van der Waals surface area contributed by atoms with Crippen LogP contribution in [-0.2, 0) is 4.74 Å². The lowest BCUT2D eigenvalue weighted by molar-refractivity contribution is 0.0527. The van der Waals surface area contributed by atoms with Crippen LogP contribution in [0.5, 0.6) is 0 Å². The van der Waals surface area contributed by atoms with E-state index in [0.717, 1.165) is 6.54 Å². The zero-order chi connectivity index (χ0) is 14.4. The van der Waals surface area contributed by atoms with Crippen LogP contribution in [0.1, 0.15) is 58.1 Å². The van der Waals surface area contributed by atoms with Crippen LogP contribution in [0.4, 0.5) is 0 Å². The third kappa shape index (κ3) is 4.07. The molecule has 0 aromatic heterocycles. The Hall–Kier alpha value is -0.860. The van der Waals surface area contributed by atoms with Gasteiger partial charge in [0.25, 0.3) is 0 Å². The van der Waals surface area contributed by atoms with Gasteiger partial charge in [0.2, 0.25) is 0 Å². The van der Waals surface area contributed by atoms with Crippen LogP contribution in [0.15, 0.2) is 30.3 Å². The van der Waals surface area contributed by atoms with Gasteiger partial charge in [-0.05, 0) is 31.2 Å². The first kappa shape index (κ1) is 15.5. The van der Waals surface area contributed by atoms with Crippen molar-refractivity contribution in [3.63, 3.8) is 0 Å². The largest absolute Gasteiger partial charge is 0.374 e. The van der Waals surface area contributed by atoms with Gasteiger partial charge in [-0.25, -0.2) is 0 Å². The van der Waals surface area contributed by atoms with E-state index in [9.17, 15) is 0 Å². The molecule has 0 aliphatic carbocycles. The molecule has 2 rings (SSSR count). The standard InChI is InChI=1S/C18H29NO/c1-4-15(5-2)18(16-9-7-6-8-10-16)19-13-17-12-11-14(3)20-17/h6-10,14-15,17-19H,4-5,11-13H2,1-3H3. The van der Waals surface area contributed by atoms with E-state index in [1.807, 2.05) is 0 Å². The SMILES string of the molecule is CCC(CC)C(NCC1CCC(C)O1)c1ccccc1. The van der Waals surface area contributed by atoms with E-state index in [1.54, 1.807) is 0 Å². The highest BCUT2D eigenvalue weighted by Crippen LogP contribution is 2.28. The Bertz CT molecular complexity index is 374. The molecule has 1 heterocycles. The number of ether oxygens (including phenoxy) is 1. The van der Waals surface area contributed by atoms with E-state index in [1.165, 1.54) is 31.2 Å². The van der Waals surface area contributed by atoms with Crippen LogP contribution in [-0.4, -0.2) is 18.8 Å². The molecule has 1 N–H and O–H groups in total. The average molecular weight is 275 g/mol. The molecular formula is C18H29NO. The molecule has 1 aromatic carbocycles. The fraction of sp³-hybridized carbons (Fsp3) is 0.667. The zero-order valence-corrected chi connectivity index (χ0v) is 13.1. The number of hydrogen-bond donors (Lipinski definition) is 1. The van der Waals surface area contributed by atoms with Gasteiger partial charge in [-0.2, -0.15) is 0 Å². The van der Waals surface area contributed by atoms with E-state index in [0.29, 0.717) is 24.2 Å². The third-order valence-electron chi connectivity index (χ3n) is 4.56. The molecule has 0 bridgehead atoms. The number of rotatable bonds is 7. The highest BCUT2D eigenvalue weighted by molar-refractivity contribution is 5.19. The molecule has 1 saturated heterocycles. The predicted octanol–water partition coefficient (Wildman–Crippen LogP) is 4.32. The molecule has 2 heteroatoms. The van der Waals surface area contributed by atoms with Crippen molar-refractivity contribution in [2.45, 2.75) is 64.7 Å². The van der Waals surface area contributed by atoms with Crippen molar-refractivity contribution in [1.29, 1.82) is 0 Å². The van der Waals surface area contributed by atoms with Crippen LogP contribution in [0.2, 0.25) is 0 Å². The van der Waals surface area contributed by atoms with Crippen LogP contribution in [0.25, 0.3) is 0 Å². The van der Waals surface area contributed by atoms with Gasteiger partial charge in [-0.15, -0.1) is 0 Å². The summed E-state index contributed by atoms with van der Waals surface area (Å²) in [6, 6.07) is 11.3. The van der Waals surface area contributed by atoms with Gasteiger partial charge in [-0.1, -0.05) is 57.0 Å². The minimum absolute atomic E-state index is 0.394. The molecule has 1 fully saturated rings. The topological polar surface area (TPSA) is 21.3 Å². The molecule has 0 amide bonds. The molecule has 20 heavy (non-hydrogen) atoms. The molecule has 1 aliphatic heterocycles. The highest BCUT2D eigenvalue weighted by atomic mass is 16.5. The number of benzene rings is 1. The van der Waals surface area contributed by atoms with Crippen molar-refractivity contribution >= 4 is 0 Å². The summed E-state index contributed by atoms with van der Waals surface area (Å²) < 4.78 is 5.93. The lowest BCUT2D eigenvalue weighted by Gasteiger charge is -2.28. The Morgan fingerprint density at radius 1 is 1.15 bits per heavy atom. The first-order valence-corrected chi connectivity index (χ1v) is 8.18. The van der Waals surface area contributed by atoms with Gasteiger partial charge in [0, 0.05) is 12.6 Å². The Morgan fingerprint density at radius 3 is 2.40 bits per heavy atom. The Morgan fingerprint density at radius 2 is 1.85 bits per heavy atom. The average Bonchev–Trinajstić information content (AvgIpc) is 2.90. The van der Waals surface area contributed by atoms with Crippen molar-refractivity contribution in [3.05, 3.63) is 35.9 Å². The van der Waals surface area contributed by atoms with E-state index in [2.05, 4.69) is 56.4 Å². The normalized spacial score (nSPS) is 24.2. The molecular weight excluding hydrogens is 246 g/mol. The summed E-state index contributed by atoms with van der Waals surface area (Å²) in [7, 11) is 0. The van der Waals surface area contributed by atoms with Gasteiger partial charge < -0.3 is 10.1 Å². The molecule has 3 atom stereocenters. The third-order valence-corrected chi connectivity index (χ3v) is 4.56. The van der Waals surface area contributed by atoms with E-state index < -0.39 is 0 Å². The highest BCUT2D eigenvalue weighted by Gasteiger charge is 2.25. The maximum atomic E-state index is 5.93. The van der Waals surface area contributed by atoms with E-state index >= 15 is 0 Å². The monoisotopic (exact) mass is 275 g/mol. The van der Waals surface area contributed by atoms with Crippen molar-refractivity contribution in [1.82, 2.24) is 5.32 Å². The molecule has 2 nitrogen and oxygen atoms in total. The summed E-state index contributed by atoms with van der Waals surface area (Å²) in [5.74, 6) is 0.691. The fourth-order valence-electron chi connectivity index (χ4n) is 3.27. The molecule has 1 aromatic rings. The first-order valence-electron chi connectivity index (χ1n) is 8.18. The summed E-state index contributed by atoms with van der Waals surface area (Å²) >= 11 is 0. The second-order valence-electron chi connectivity index (χ2n) is 6.02. The Labute approximate surface area is 123 Å². The number of hydrogen-bond acceptors (Lipinski definition) is 2. The molecule has 0 radical (unpaired) electrons. The molecule has 1 aliphatic rings. The molecule has 3 unspecified atom stereocenters. The lowest BCUT2D eigenvalue weighted by Crippen LogP contribution is -2.34. The number of nitrogens with one attached hydrogen (secondary N) is 1. The zero-order valence-electron chi connectivity index (χ0n) is 13.1. The van der Waals surface area contributed by atoms with Crippen LogP contribution >= 0.6 is 0 Å². The van der Waals surface area contributed by atoms with Gasteiger partial charge in [0.05, 0.1) is 12.2 Å². The Kier molecular flexibility index (Phi) is 6.06. The van der Waals surface area contributed by atoms with Gasteiger partial charge >= 0.3 is 0 Å². The Balaban J connectivity index is 1.99. The predicted molar refractivity (Wildman–Crippen MR) is 84.8 cm³/mol. The smallest absolute Gasteiger partial charge is 0.0704 e. The van der Waals surface area contributed by atoms with Gasteiger partial charge in [0.1, 0.15) is 0 Å². The quantitative estimate of drug-likeness (QED) is 0.800. The van der Waals surface area contributed by atoms with Crippen LogP contribution in [0, 0.1) is 5.92 Å². The summed E-state index contributed by atoms with van der Waals surface area (Å²) in [5, 5.41) is 3.78.